The molecule has 0 amide bonds. The van der Waals surface area contributed by atoms with E-state index in [-0.39, 0.29) is 10.7 Å². The zero-order chi connectivity index (χ0) is 21.5. The topological polar surface area (TPSA) is 12.4 Å². The van der Waals surface area contributed by atoms with Crippen molar-refractivity contribution < 1.29 is 4.39 Å². The summed E-state index contributed by atoms with van der Waals surface area (Å²) in [5, 5.41) is 2.28. The Balaban J connectivity index is 1.75. The maximum atomic E-state index is 14.1. The summed E-state index contributed by atoms with van der Waals surface area (Å²) in [7, 11) is 0. The van der Waals surface area contributed by atoms with Crippen molar-refractivity contribution >= 4 is 34.7 Å². The van der Waals surface area contributed by atoms with Crippen LogP contribution in [0.25, 0.3) is 11.1 Å². The summed E-state index contributed by atoms with van der Waals surface area (Å²) >= 11 is 10.5. The fourth-order valence-electron chi connectivity index (χ4n) is 3.06. The molecule has 3 aromatic rings. The Hall–Kier alpha value is -2.76. The molecule has 0 aliphatic rings. The van der Waals surface area contributed by atoms with E-state index in [9.17, 15) is 4.39 Å². The monoisotopic (exact) mass is 433 g/mol. The van der Waals surface area contributed by atoms with Crippen LogP contribution in [0, 0.1) is 23.6 Å². The van der Waals surface area contributed by atoms with Crippen LogP contribution in [0.2, 0.25) is 5.02 Å². The predicted octanol–water partition coefficient (Wildman–Crippen LogP) is 7.87. The molecule has 0 bridgehead atoms. The normalized spacial score (nSPS) is 11.2. The van der Waals surface area contributed by atoms with E-state index < -0.39 is 5.82 Å². The molecule has 30 heavy (non-hydrogen) atoms. The molecule has 1 unspecified atom stereocenters. The highest BCUT2D eigenvalue weighted by Gasteiger charge is 2.08. The smallest absolute Gasteiger partial charge is 0.152 e. The molecule has 0 spiro atoms. The number of nitrogens with zero attached hydrogens (tertiary/aromatic N) is 1. The summed E-state index contributed by atoms with van der Waals surface area (Å²) in [5.41, 5.74) is 4.96. The SMILES string of the molecule is CCC(C)Cc1ccc(-c2ccc(C#Cc3cc(F)c(N=C=S)c(Cl)c3)cc2)cc1. The van der Waals surface area contributed by atoms with Crippen LogP contribution in [0.1, 0.15) is 37.0 Å². The van der Waals surface area contributed by atoms with E-state index in [0.717, 1.165) is 17.5 Å². The fraction of sp³-hybridized carbons (Fsp3) is 0.192. The predicted molar refractivity (Wildman–Crippen MR) is 127 cm³/mol. The van der Waals surface area contributed by atoms with Crippen LogP contribution in [0.5, 0.6) is 0 Å². The third-order valence-electron chi connectivity index (χ3n) is 4.98. The van der Waals surface area contributed by atoms with Gasteiger partial charge in [0.15, 0.2) is 5.82 Å². The van der Waals surface area contributed by atoms with Gasteiger partial charge in [-0.05, 0) is 65.5 Å². The van der Waals surface area contributed by atoms with Crippen molar-refractivity contribution in [2.45, 2.75) is 26.7 Å². The average molecular weight is 434 g/mol. The molecule has 0 aliphatic carbocycles. The highest BCUT2D eigenvalue weighted by molar-refractivity contribution is 7.78. The minimum atomic E-state index is -0.573. The van der Waals surface area contributed by atoms with Gasteiger partial charge in [0.25, 0.3) is 0 Å². The summed E-state index contributed by atoms with van der Waals surface area (Å²) in [6.45, 7) is 4.50. The van der Waals surface area contributed by atoms with E-state index in [4.69, 9.17) is 11.6 Å². The quantitative estimate of drug-likeness (QED) is 0.226. The average Bonchev–Trinajstić information content (AvgIpc) is 2.75. The zero-order valence-corrected chi connectivity index (χ0v) is 18.4. The van der Waals surface area contributed by atoms with Gasteiger partial charge in [-0.3, -0.25) is 0 Å². The first-order valence-corrected chi connectivity index (χ1v) is 10.6. The van der Waals surface area contributed by atoms with Crippen LogP contribution >= 0.6 is 23.8 Å². The number of hydrogen-bond acceptors (Lipinski definition) is 2. The highest BCUT2D eigenvalue weighted by atomic mass is 35.5. The second-order valence-electron chi connectivity index (χ2n) is 7.23. The first-order chi connectivity index (χ1) is 14.5. The zero-order valence-electron chi connectivity index (χ0n) is 16.9. The molecule has 0 radical (unpaired) electrons. The number of aliphatic imine (C=N–C) groups is 1. The fourth-order valence-corrected chi connectivity index (χ4v) is 3.40. The molecule has 3 rings (SSSR count). The van der Waals surface area contributed by atoms with Gasteiger partial charge in [-0.1, -0.05) is 80.1 Å². The summed E-state index contributed by atoms with van der Waals surface area (Å²) < 4.78 is 14.1. The van der Waals surface area contributed by atoms with Gasteiger partial charge in [-0.25, -0.2) is 4.39 Å². The third kappa shape index (κ3) is 5.65. The standard InChI is InChI=1S/C26H21ClFNS/c1-3-18(2)14-20-8-12-23(13-9-20)22-10-6-19(7-11-22)4-5-21-15-24(27)26(29-17-30)25(28)16-21/h6-13,15-16,18H,3,14H2,1-2H3. The lowest BCUT2D eigenvalue weighted by Crippen LogP contribution is -1.97. The summed E-state index contributed by atoms with van der Waals surface area (Å²) in [5.74, 6) is 6.10. The molecule has 1 atom stereocenters. The molecule has 1 nitrogen and oxygen atoms in total. The first-order valence-electron chi connectivity index (χ1n) is 9.78. The van der Waals surface area contributed by atoms with Gasteiger partial charge < -0.3 is 0 Å². The van der Waals surface area contributed by atoms with E-state index in [1.807, 2.05) is 24.3 Å². The van der Waals surface area contributed by atoms with Crippen LogP contribution in [0.15, 0.2) is 65.7 Å². The van der Waals surface area contributed by atoms with E-state index >= 15 is 0 Å². The van der Waals surface area contributed by atoms with Crippen molar-refractivity contribution in [1.29, 1.82) is 0 Å². The lowest BCUT2D eigenvalue weighted by atomic mass is 9.96. The summed E-state index contributed by atoms with van der Waals surface area (Å²) in [4.78, 5) is 3.64. The Morgan fingerprint density at radius 2 is 1.57 bits per heavy atom. The summed E-state index contributed by atoms with van der Waals surface area (Å²) in [6, 6.07) is 19.6. The van der Waals surface area contributed by atoms with Crippen molar-refractivity contribution in [2.24, 2.45) is 10.9 Å². The largest absolute Gasteiger partial charge is 0.204 e. The second kappa shape index (κ2) is 10.3. The maximum absolute atomic E-state index is 14.1. The van der Waals surface area contributed by atoms with Gasteiger partial charge >= 0.3 is 0 Å². The first kappa shape index (κ1) is 21.9. The van der Waals surface area contributed by atoms with Crippen LogP contribution in [-0.4, -0.2) is 5.16 Å². The molecule has 3 aromatic carbocycles. The minimum Gasteiger partial charge on any atom is -0.204 e. The molecule has 0 saturated carbocycles. The molecule has 4 heteroatoms. The van der Waals surface area contributed by atoms with E-state index in [1.54, 1.807) is 6.07 Å². The van der Waals surface area contributed by atoms with Crippen molar-refractivity contribution in [3.8, 4) is 23.0 Å². The number of benzene rings is 3. The second-order valence-corrected chi connectivity index (χ2v) is 7.82. The summed E-state index contributed by atoms with van der Waals surface area (Å²) in [6.07, 6.45) is 2.29. The molecule has 150 valence electrons. The Labute approximate surface area is 187 Å². The number of rotatable bonds is 5. The minimum absolute atomic E-state index is 0.0169. The Bertz CT molecular complexity index is 1110. The van der Waals surface area contributed by atoms with Crippen LogP contribution in [0.4, 0.5) is 10.1 Å². The lowest BCUT2D eigenvalue weighted by Gasteiger charge is -2.09. The van der Waals surface area contributed by atoms with Gasteiger partial charge in [0, 0.05) is 11.1 Å². The van der Waals surface area contributed by atoms with Gasteiger partial charge in [0.1, 0.15) is 5.69 Å². The molecule has 0 N–H and O–H groups in total. The van der Waals surface area contributed by atoms with Crippen molar-refractivity contribution in [3.05, 3.63) is 88.2 Å². The van der Waals surface area contributed by atoms with Crippen molar-refractivity contribution in [2.75, 3.05) is 0 Å². The Kier molecular flexibility index (Phi) is 7.55. The number of isothiocyanates is 1. The van der Waals surface area contributed by atoms with E-state index in [1.165, 1.54) is 23.6 Å². The molecule has 0 saturated heterocycles. The lowest BCUT2D eigenvalue weighted by molar-refractivity contribution is 0.560. The van der Waals surface area contributed by atoms with Crippen molar-refractivity contribution in [3.63, 3.8) is 0 Å². The van der Waals surface area contributed by atoms with Gasteiger partial charge in [0.2, 0.25) is 0 Å². The van der Waals surface area contributed by atoms with Crippen molar-refractivity contribution in [1.82, 2.24) is 0 Å². The van der Waals surface area contributed by atoms with Crippen LogP contribution in [0.3, 0.4) is 0 Å². The molecular weight excluding hydrogens is 413 g/mol. The number of halogens is 2. The highest BCUT2D eigenvalue weighted by Crippen LogP contribution is 2.29. The molecule has 0 aromatic heterocycles. The van der Waals surface area contributed by atoms with Gasteiger partial charge in [-0.2, -0.15) is 4.99 Å². The van der Waals surface area contributed by atoms with Gasteiger partial charge in [-0.15, -0.1) is 0 Å². The number of hydrogen-bond donors (Lipinski definition) is 0. The molecule has 0 aliphatic heterocycles. The Morgan fingerprint density at radius 1 is 0.967 bits per heavy atom. The molecule has 0 fully saturated rings. The van der Waals surface area contributed by atoms with E-state index in [0.29, 0.717) is 11.5 Å². The van der Waals surface area contributed by atoms with Crippen LogP contribution in [-0.2, 0) is 6.42 Å². The number of thiocarbonyl (C=S) groups is 1. The molecular formula is C26H21ClFNS. The van der Waals surface area contributed by atoms with Crippen LogP contribution < -0.4 is 0 Å². The van der Waals surface area contributed by atoms with E-state index in [2.05, 4.69) is 72.3 Å². The third-order valence-corrected chi connectivity index (χ3v) is 5.36. The molecule has 0 heterocycles. The van der Waals surface area contributed by atoms with Gasteiger partial charge in [0.05, 0.1) is 10.2 Å². The Morgan fingerprint density at radius 3 is 2.13 bits per heavy atom. The maximum Gasteiger partial charge on any atom is 0.152 e.